The third kappa shape index (κ3) is 4.16. The van der Waals surface area contributed by atoms with Crippen molar-refractivity contribution in [2.45, 2.75) is 39.0 Å². The van der Waals surface area contributed by atoms with Gasteiger partial charge in [-0.15, -0.1) is 11.3 Å². The molecule has 2 N–H and O–H groups in total. The Kier molecular flexibility index (Phi) is 5.14. The minimum absolute atomic E-state index is 0.102. The number of thiophene rings is 1. The van der Waals surface area contributed by atoms with Gasteiger partial charge in [-0.3, -0.25) is 0 Å². The number of benzene rings is 1. The van der Waals surface area contributed by atoms with Crippen LogP contribution < -0.4 is 5.32 Å². The van der Waals surface area contributed by atoms with Crippen molar-refractivity contribution in [1.29, 1.82) is 0 Å². The van der Waals surface area contributed by atoms with Gasteiger partial charge in [0.15, 0.2) is 0 Å². The van der Waals surface area contributed by atoms with Gasteiger partial charge in [-0.25, -0.2) is 0 Å². The van der Waals surface area contributed by atoms with Gasteiger partial charge in [0.1, 0.15) is 0 Å². The highest BCUT2D eigenvalue weighted by Gasteiger charge is 2.10. The summed E-state index contributed by atoms with van der Waals surface area (Å²) < 4.78 is 0. The molecule has 2 atom stereocenters. The van der Waals surface area contributed by atoms with E-state index < -0.39 is 0 Å². The molecule has 0 bridgehead atoms. The summed E-state index contributed by atoms with van der Waals surface area (Å²) in [5, 5.41) is 14.9. The first kappa shape index (κ1) is 14.3. The Morgan fingerprint density at radius 3 is 2.74 bits per heavy atom. The highest BCUT2D eigenvalue weighted by molar-refractivity contribution is 7.09. The summed E-state index contributed by atoms with van der Waals surface area (Å²) in [7, 11) is 0. The van der Waals surface area contributed by atoms with Crippen LogP contribution in [-0.2, 0) is 13.0 Å². The van der Waals surface area contributed by atoms with E-state index in [0.29, 0.717) is 12.1 Å². The molecule has 2 nitrogen and oxygen atoms in total. The van der Waals surface area contributed by atoms with Crippen molar-refractivity contribution in [3.05, 3.63) is 57.8 Å². The van der Waals surface area contributed by atoms with Gasteiger partial charge in [0.2, 0.25) is 0 Å². The Hall–Kier alpha value is -1.16. The summed E-state index contributed by atoms with van der Waals surface area (Å²) in [5.74, 6) is 0. The van der Waals surface area contributed by atoms with Gasteiger partial charge in [0.25, 0.3) is 0 Å². The SMILES string of the molecule is CC(Cc1cccs1)NC(C)c1cccc(CO)c1. The summed E-state index contributed by atoms with van der Waals surface area (Å²) in [6, 6.07) is 13.1. The fourth-order valence-corrected chi connectivity index (χ4v) is 3.11. The molecule has 0 spiro atoms. The van der Waals surface area contributed by atoms with E-state index in [4.69, 9.17) is 0 Å². The van der Waals surface area contributed by atoms with Crippen LogP contribution in [-0.4, -0.2) is 11.1 Å². The van der Waals surface area contributed by atoms with E-state index in [9.17, 15) is 5.11 Å². The van der Waals surface area contributed by atoms with Crippen LogP contribution in [0.15, 0.2) is 41.8 Å². The molecule has 0 aliphatic carbocycles. The molecule has 2 aromatic rings. The minimum Gasteiger partial charge on any atom is -0.392 e. The zero-order valence-corrected chi connectivity index (χ0v) is 12.3. The lowest BCUT2D eigenvalue weighted by Gasteiger charge is -2.20. The van der Waals surface area contributed by atoms with Crippen molar-refractivity contribution < 1.29 is 5.11 Å². The topological polar surface area (TPSA) is 32.3 Å². The molecule has 0 saturated heterocycles. The maximum absolute atomic E-state index is 9.18. The standard InChI is InChI=1S/C16H21NOS/c1-12(9-16-7-4-8-19-16)17-13(2)15-6-3-5-14(10-15)11-18/h3-8,10,12-13,17-18H,9,11H2,1-2H3. The Labute approximate surface area is 119 Å². The first-order chi connectivity index (χ1) is 9.19. The van der Waals surface area contributed by atoms with E-state index in [1.165, 1.54) is 10.4 Å². The fraction of sp³-hybridized carbons (Fsp3) is 0.375. The van der Waals surface area contributed by atoms with Crippen LogP contribution in [0.2, 0.25) is 0 Å². The third-order valence-electron chi connectivity index (χ3n) is 3.26. The van der Waals surface area contributed by atoms with Crippen molar-refractivity contribution in [2.24, 2.45) is 0 Å². The second-order valence-corrected chi connectivity index (χ2v) is 6.01. The van der Waals surface area contributed by atoms with Gasteiger partial charge in [-0.2, -0.15) is 0 Å². The summed E-state index contributed by atoms with van der Waals surface area (Å²) >= 11 is 1.81. The second kappa shape index (κ2) is 6.85. The Morgan fingerprint density at radius 2 is 2.05 bits per heavy atom. The molecule has 0 aliphatic rings. The molecule has 0 aliphatic heterocycles. The number of hydrogen-bond donors (Lipinski definition) is 2. The number of aliphatic hydroxyl groups is 1. The first-order valence-corrected chi connectivity index (χ1v) is 7.55. The summed E-state index contributed by atoms with van der Waals surface area (Å²) in [6.07, 6.45) is 1.06. The lowest BCUT2D eigenvalue weighted by molar-refractivity contribution is 0.281. The van der Waals surface area contributed by atoms with Crippen LogP contribution in [0.5, 0.6) is 0 Å². The maximum atomic E-state index is 9.18. The van der Waals surface area contributed by atoms with E-state index in [0.717, 1.165) is 12.0 Å². The Balaban J connectivity index is 1.94. The molecule has 1 heterocycles. The predicted octanol–water partition coefficient (Wildman–Crippen LogP) is 3.52. The molecule has 1 aromatic carbocycles. The summed E-state index contributed by atoms with van der Waals surface area (Å²) in [4.78, 5) is 1.41. The van der Waals surface area contributed by atoms with E-state index in [-0.39, 0.29) is 6.61 Å². The smallest absolute Gasteiger partial charge is 0.0681 e. The molecule has 2 rings (SSSR count). The molecule has 0 radical (unpaired) electrons. The van der Waals surface area contributed by atoms with Gasteiger partial charge in [0, 0.05) is 17.0 Å². The highest BCUT2D eigenvalue weighted by atomic mass is 32.1. The van der Waals surface area contributed by atoms with E-state index in [1.54, 1.807) is 0 Å². The largest absolute Gasteiger partial charge is 0.392 e. The zero-order chi connectivity index (χ0) is 13.7. The number of rotatable bonds is 6. The molecule has 0 fully saturated rings. The fourth-order valence-electron chi connectivity index (χ4n) is 2.27. The molecule has 0 saturated carbocycles. The first-order valence-electron chi connectivity index (χ1n) is 6.67. The maximum Gasteiger partial charge on any atom is 0.0681 e. The van der Waals surface area contributed by atoms with Crippen molar-refractivity contribution in [3.8, 4) is 0 Å². The van der Waals surface area contributed by atoms with Crippen LogP contribution in [0.3, 0.4) is 0 Å². The third-order valence-corrected chi connectivity index (χ3v) is 4.15. The molecule has 2 unspecified atom stereocenters. The Morgan fingerprint density at radius 1 is 1.21 bits per heavy atom. The second-order valence-electron chi connectivity index (χ2n) is 4.98. The van der Waals surface area contributed by atoms with Gasteiger partial charge in [-0.1, -0.05) is 30.3 Å². The molecule has 3 heteroatoms. The molecular formula is C16H21NOS. The number of hydrogen-bond acceptors (Lipinski definition) is 3. The molecule has 1 aromatic heterocycles. The van der Waals surface area contributed by atoms with E-state index >= 15 is 0 Å². The van der Waals surface area contributed by atoms with Crippen LogP contribution in [0.4, 0.5) is 0 Å². The van der Waals surface area contributed by atoms with Crippen LogP contribution in [0.25, 0.3) is 0 Å². The van der Waals surface area contributed by atoms with Crippen molar-refractivity contribution in [1.82, 2.24) is 5.32 Å². The molecule has 0 amide bonds. The molecule has 102 valence electrons. The average Bonchev–Trinajstić information content (AvgIpc) is 2.91. The lowest BCUT2D eigenvalue weighted by atomic mass is 10.0. The predicted molar refractivity (Wildman–Crippen MR) is 81.4 cm³/mol. The average molecular weight is 275 g/mol. The normalized spacial score (nSPS) is 14.3. The molecule has 19 heavy (non-hydrogen) atoms. The van der Waals surface area contributed by atoms with Crippen LogP contribution in [0.1, 0.15) is 35.9 Å². The van der Waals surface area contributed by atoms with Crippen LogP contribution in [0, 0.1) is 0 Å². The number of aliphatic hydroxyl groups excluding tert-OH is 1. The van der Waals surface area contributed by atoms with Crippen molar-refractivity contribution in [2.75, 3.05) is 0 Å². The quantitative estimate of drug-likeness (QED) is 0.845. The van der Waals surface area contributed by atoms with Crippen molar-refractivity contribution >= 4 is 11.3 Å². The lowest BCUT2D eigenvalue weighted by Crippen LogP contribution is -2.30. The zero-order valence-electron chi connectivity index (χ0n) is 11.5. The minimum atomic E-state index is 0.102. The monoisotopic (exact) mass is 275 g/mol. The summed E-state index contributed by atoms with van der Waals surface area (Å²) in [6.45, 7) is 4.48. The molecular weight excluding hydrogens is 254 g/mol. The summed E-state index contributed by atoms with van der Waals surface area (Å²) in [5.41, 5.74) is 2.20. The van der Waals surface area contributed by atoms with E-state index in [1.807, 2.05) is 23.5 Å². The van der Waals surface area contributed by atoms with Gasteiger partial charge >= 0.3 is 0 Å². The van der Waals surface area contributed by atoms with E-state index in [2.05, 4.69) is 48.8 Å². The van der Waals surface area contributed by atoms with Crippen molar-refractivity contribution in [3.63, 3.8) is 0 Å². The van der Waals surface area contributed by atoms with Crippen LogP contribution >= 0.6 is 11.3 Å². The Bertz CT molecular complexity index is 495. The van der Waals surface area contributed by atoms with Gasteiger partial charge < -0.3 is 10.4 Å². The van der Waals surface area contributed by atoms with Gasteiger partial charge in [0.05, 0.1) is 6.61 Å². The number of nitrogens with one attached hydrogen (secondary N) is 1. The highest BCUT2D eigenvalue weighted by Crippen LogP contribution is 2.17. The van der Waals surface area contributed by atoms with Gasteiger partial charge in [-0.05, 0) is 42.8 Å².